The second-order valence-corrected chi connectivity index (χ2v) is 6.92. The first-order valence-corrected chi connectivity index (χ1v) is 5.91. The van der Waals surface area contributed by atoms with Crippen molar-refractivity contribution in [3.05, 3.63) is 0 Å². The van der Waals surface area contributed by atoms with E-state index in [1.54, 1.807) is 0 Å². The summed E-state index contributed by atoms with van der Waals surface area (Å²) in [7, 11) is 0. The molecule has 0 rings (SSSR count). The maximum Gasteiger partial charge on any atom is 0.0967 e. The van der Waals surface area contributed by atoms with Gasteiger partial charge in [0.2, 0.25) is 0 Å². The molecule has 0 heterocycles. The lowest BCUT2D eigenvalue weighted by atomic mass is 9.89. The van der Waals surface area contributed by atoms with Crippen LogP contribution in [0, 0.1) is 10.8 Å². The van der Waals surface area contributed by atoms with Crippen molar-refractivity contribution in [3.8, 4) is 0 Å². The number of ether oxygens (including phenoxy) is 1. The predicted molar refractivity (Wildman–Crippen MR) is 66.9 cm³/mol. The zero-order valence-corrected chi connectivity index (χ0v) is 11.6. The minimum Gasteiger partial charge on any atom is -0.366 e. The van der Waals surface area contributed by atoms with Gasteiger partial charge in [-0.25, -0.2) is 0 Å². The molecule has 2 nitrogen and oxygen atoms in total. The molecule has 0 aromatic carbocycles. The molecule has 0 aromatic rings. The number of hydrogen-bond donors (Lipinski definition) is 1. The molecule has 0 bridgehead atoms. The molecule has 0 aliphatic heterocycles. The van der Waals surface area contributed by atoms with Crippen molar-refractivity contribution in [3.63, 3.8) is 0 Å². The van der Waals surface area contributed by atoms with E-state index in [1.807, 2.05) is 0 Å². The molecular formula is C13H29NO. The van der Waals surface area contributed by atoms with Crippen LogP contribution in [0.4, 0.5) is 0 Å². The minimum atomic E-state index is 0.259. The van der Waals surface area contributed by atoms with E-state index in [9.17, 15) is 0 Å². The van der Waals surface area contributed by atoms with Crippen molar-refractivity contribution in [1.29, 1.82) is 0 Å². The Hall–Kier alpha value is -0.0800. The summed E-state index contributed by atoms with van der Waals surface area (Å²) in [5.41, 5.74) is 0.644. The molecule has 0 saturated heterocycles. The summed E-state index contributed by atoms with van der Waals surface area (Å²) in [5.74, 6) is 0. The third-order valence-corrected chi connectivity index (χ3v) is 1.99. The molecule has 1 unspecified atom stereocenters. The normalized spacial score (nSPS) is 15.4. The third kappa shape index (κ3) is 11.8. The van der Waals surface area contributed by atoms with Crippen molar-refractivity contribution >= 4 is 0 Å². The maximum atomic E-state index is 5.57. The summed E-state index contributed by atoms with van der Waals surface area (Å²) >= 11 is 0. The number of rotatable bonds is 5. The fourth-order valence-electron chi connectivity index (χ4n) is 1.55. The smallest absolute Gasteiger partial charge is 0.0967 e. The van der Waals surface area contributed by atoms with Crippen LogP contribution in [0.1, 0.15) is 54.9 Å². The van der Waals surface area contributed by atoms with Crippen molar-refractivity contribution < 1.29 is 4.74 Å². The summed E-state index contributed by atoms with van der Waals surface area (Å²) < 4.78 is 5.57. The highest BCUT2D eigenvalue weighted by molar-refractivity contribution is 4.69. The Morgan fingerprint density at radius 1 is 1.00 bits per heavy atom. The van der Waals surface area contributed by atoms with E-state index in [2.05, 4.69) is 53.8 Å². The molecule has 0 saturated carbocycles. The van der Waals surface area contributed by atoms with Gasteiger partial charge in [-0.2, -0.15) is 0 Å². The lowest BCUT2D eigenvalue weighted by Crippen LogP contribution is -2.33. The first-order valence-electron chi connectivity index (χ1n) is 5.91. The fourth-order valence-corrected chi connectivity index (χ4v) is 1.55. The van der Waals surface area contributed by atoms with E-state index in [0.29, 0.717) is 18.2 Å². The Kier molecular flexibility index (Phi) is 5.82. The SMILES string of the molecule is CC(CC(C)(C)C)NCOCC(C)(C)C. The van der Waals surface area contributed by atoms with Crippen LogP contribution in [0.3, 0.4) is 0 Å². The average molecular weight is 215 g/mol. The fraction of sp³-hybridized carbons (Fsp3) is 1.00. The van der Waals surface area contributed by atoms with Crippen LogP contribution >= 0.6 is 0 Å². The van der Waals surface area contributed by atoms with Crippen LogP contribution in [-0.4, -0.2) is 19.4 Å². The highest BCUT2D eigenvalue weighted by atomic mass is 16.5. The molecule has 1 N–H and O–H groups in total. The Balaban J connectivity index is 3.52. The van der Waals surface area contributed by atoms with Gasteiger partial charge in [0, 0.05) is 6.04 Å². The van der Waals surface area contributed by atoms with Crippen molar-refractivity contribution in [2.24, 2.45) is 10.8 Å². The summed E-state index contributed by atoms with van der Waals surface area (Å²) in [6.45, 7) is 17.0. The predicted octanol–water partition coefficient (Wildman–Crippen LogP) is 3.42. The summed E-state index contributed by atoms with van der Waals surface area (Å²) in [6.07, 6.45) is 1.17. The Morgan fingerprint density at radius 2 is 1.53 bits per heavy atom. The molecule has 0 radical (unpaired) electrons. The molecule has 0 spiro atoms. The first-order chi connectivity index (χ1) is 6.60. The summed E-state index contributed by atoms with van der Waals surface area (Å²) in [4.78, 5) is 0. The van der Waals surface area contributed by atoms with E-state index in [1.165, 1.54) is 6.42 Å². The van der Waals surface area contributed by atoms with Gasteiger partial charge in [-0.3, -0.25) is 5.32 Å². The maximum absolute atomic E-state index is 5.57. The average Bonchev–Trinajstić information content (AvgIpc) is 1.92. The zero-order chi connectivity index (χ0) is 12.1. The quantitative estimate of drug-likeness (QED) is 0.560. The summed E-state index contributed by atoms with van der Waals surface area (Å²) in [5, 5.41) is 3.39. The van der Waals surface area contributed by atoms with Gasteiger partial charge in [0.15, 0.2) is 0 Å². The zero-order valence-electron chi connectivity index (χ0n) is 11.6. The van der Waals surface area contributed by atoms with Crippen LogP contribution in [0.15, 0.2) is 0 Å². The molecule has 0 amide bonds. The van der Waals surface area contributed by atoms with Crippen LogP contribution in [0.2, 0.25) is 0 Å². The monoisotopic (exact) mass is 215 g/mol. The van der Waals surface area contributed by atoms with Gasteiger partial charge in [-0.05, 0) is 24.2 Å². The van der Waals surface area contributed by atoms with Crippen molar-refractivity contribution in [2.45, 2.75) is 60.9 Å². The molecule has 0 aromatic heterocycles. The Labute approximate surface area is 95.8 Å². The van der Waals surface area contributed by atoms with Crippen molar-refractivity contribution in [2.75, 3.05) is 13.3 Å². The van der Waals surface area contributed by atoms with Crippen LogP contribution < -0.4 is 5.32 Å². The highest BCUT2D eigenvalue weighted by Gasteiger charge is 2.15. The topological polar surface area (TPSA) is 21.3 Å². The highest BCUT2D eigenvalue weighted by Crippen LogP contribution is 2.20. The van der Waals surface area contributed by atoms with E-state index >= 15 is 0 Å². The molecule has 15 heavy (non-hydrogen) atoms. The van der Waals surface area contributed by atoms with E-state index < -0.39 is 0 Å². The standard InChI is InChI=1S/C13H29NO/c1-11(8-12(2,3)4)14-10-15-9-13(5,6)7/h11,14H,8-10H2,1-7H3. The molecule has 0 aliphatic rings. The van der Waals surface area contributed by atoms with Gasteiger partial charge in [0.05, 0.1) is 13.3 Å². The Bertz CT molecular complexity index is 164. The molecule has 0 aliphatic carbocycles. The number of nitrogens with one attached hydrogen (secondary N) is 1. The van der Waals surface area contributed by atoms with Gasteiger partial charge in [-0.15, -0.1) is 0 Å². The van der Waals surface area contributed by atoms with Gasteiger partial charge < -0.3 is 4.74 Å². The van der Waals surface area contributed by atoms with Crippen LogP contribution in [0.5, 0.6) is 0 Å². The molecule has 92 valence electrons. The van der Waals surface area contributed by atoms with Gasteiger partial charge in [0.1, 0.15) is 0 Å². The minimum absolute atomic E-state index is 0.259. The van der Waals surface area contributed by atoms with E-state index in [0.717, 1.165) is 6.61 Å². The van der Waals surface area contributed by atoms with Gasteiger partial charge >= 0.3 is 0 Å². The molecule has 1 atom stereocenters. The first kappa shape index (κ1) is 14.9. The Morgan fingerprint density at radius 3 is 1.93 bits per heavy atom. The number of hydrogen-bond acceptors (Lipinski definition) is 2. The molecular weight excluding hydrogens is 186 g/mol. The molecule has 2 heteroatoms. The largest absolute Gasteiger partial charge is 0.366 e. The van der Waals surface area contributed by atoms with E-state index in [-0.39, 0.29) is 5.41 Å². The van der Waals surface area contributed by atoms with Crippen LogP contribution in [-0.2, 0) is 4.74 Å². The second-order valence-electron chi connectivity index (χ2n) is 6.92. The van der Waals surface area contributed by atoms with Gasteiger partial charge in [0.25, 0.3) is 0 Å². The lowest BCUT2D eigenvalue weighted by molar-refractivity contribution is 0.0520. The third-order valence-electron chi connectivity index (χ3n) is 1.99. The summed E-state index contributed by atoms with van der Waals surface area (Å²) in [6, 6.07) is 0.518. The second kappa shape index (κ2) is 5.86. The van der Waals surface area contributed by atoms with E-state index in [4.69, 9.17) is 4.74 Å². The van der Waals surface area contributed by atoms with Crippen molar-refractivity contribution in [1.82, 2.24) is 5.32 Å². The lowest BCUT2D eigenvalue weighted by Gasteiger charge is -2.25. The van der Waals surface area contributed by atoms with Gasteiger partial charge in [-0.1, -0.05) is 41.5 Å². The van der Waals surface area contributed by atoms with Crippen LogP contribution in [0.25, 0.3) is 0 Å². The molecule has 0 fully saturated rings.